The predicted molar refractivity (Wildman–Crippen MR) is 70.7 cm³/mol. The maximum absolute atomic E-state index is 6.07. The lowest BCUT2D eigenvalue weighted by molar-refractivity contribution is 1.21. The second kappa shape index (κ2) is 3.63. The molecule has 2 aromatic heterocycles. The third-order valence-electron chi connectivity index (χ3n) is 3.01. The first-order valence-corrected chi connectivity index (χ1v) is 5.55. The largest absolute Gasteiger partial charge is 0.385 e. The van der Waals surface area contributed by atoms with Crippen LogP contribution in [-0.4, -0.2) is 9.97 Å². The molecule has 0 bridgehead atoms. The Bertz CT molecular complexity index is 683. The molecule has 3 nitrogen and oxygen atoms in total. The zero-order valence-electron chi connectivity index (χ0n) is 9.57. The molecule has 3 N–H and O–H groups in total. The van der Waals surface area contributed by atoms with Crippen LogP contribution in [0.15, 0.2) is 42.6 Å². The van der Waals surface area contributed by atoms with E-state index in [4.69, 9.17) is 5.73 Å². The summed E-state index contributed by atoms with van der Waals surface area (Å²) in [5.74, 6) is 0.697. The monoisotopic (exact) mass is 223 g/mol. The highest BCUT2D eigenvalue weighted by atomic mass is 14.9. The van der Waals surface area contributed by atoms with Crippen LogP contribution in [0.4, 0.5) is 5.82 Å². The molecule has 0 atom stereocenters. The van der Waals surface area contributed by atoms with Gasteiger partial charge in [0.25, 0.3) is 0 Å². The molecule has 0 aliphatic carbocycles. The molecule has 84 valence electrons. The van der Waals surface area contributed by atoms with Gasteiger partial charge in [-0.2, -0.15) is 0 Å². The number of aromatic nitrogens is 2. The minimum absolute atomic E-state index is 0.697. The number of hydrogen-bond donors (Lipinski definition) is 2. The molecule has 0 unspecified atom stereocenters. The number of nitrogens with two attached hydrogens (primary N) is 1. The lowest BCUT2D eigenvalue weighted by Gasteiger charge is -2.04. The van der Waals surface area contributed by atoms with Crippen LogP contribution in [0.25, 0.3) is 22.0 Å². The smallest absolute Gasteiger partial charge is 0.109 e. The van der Waals surface area contributed by atoms with E-state index < -0.39 is 0 Å². The number of rotatable bonds is 1. The number of hydrogen-bond acceptors (Lipinski definition) is 2. The number of fused-ring (bicyclic) bond motifs is 1. The first-order valence-electron chi connectivity index (χ1n) is 5.55. The van der Waals surface area contributed by atoms with Crippen LogP contribution < -0.4 is 5.73 Å². The minimum Gasteiger partial charge on any atom is -0.385 e. The zero-order chi connectivity index (χ0) is 11.8. The van der Waals surface area contributed by atoms with E-state index in [9.17, 15) is 0 Å². The molecule has 3 rings (SSSR count). The van der Waals surface area contributed by atoms with Crippen molar-refractivity contribution in [2.24, 2.45) is 0 Å². The molecule has 3 aromatic rings. The SMILES string of the molecule is Cc1ncccc1-c1c(N)[nH]c2ccccc12. The van der Waals surface area contributed by atoms with E-state index in [1.54, 1.807) is 6.20 Å². The van der Waals surface area contributed by atoms with Gasteiger partial charge in [-0.15, -0.1) is 0 Å². The molecule has 0 radical (unpaired) electrons. The van der Waals surface area contributed by atoms with Gasteiger partial charge in [0.2, 0.25) is 0 Å². The van der Waals surface area contributed by atoms with Crippen molar-refractivity contribution in [3.05, 3.63) is 48.3 Å². The Morgan fingerprint density at radius 1 is 1.12 bits per heavy atom. The maximum Gasteiger partial charge on any atom is 0.109 e. The highest BCUT2D eigenvalue weighted by Gasteiger charge is 2.12. The lowest BCUT2D eigenvalue weighted by Crippen LogP contribution is -1.91. The molecule has 0 spiro atoms. The molecule has 0 saturated carbocycles. The number of aromatic amines is 1. The minimum atomic E-state index is 0.697. The van der Waals surface area contributed by atoms with Gasteiger partial charge < -0.3 is 10.7 Å². The van der Waals surface area contributed by atoms with E-state index in [0.717, 1.165) is 27.7 Å². The molecule has 0 aliphatic heterocycles. The molecule has 0 fully saturated rings. The van der Waals surface area contributed by atoms with Crippen molar-refractivity contribution < 1.29 is 0 Å². The van der Waals surface area contributed by atoms with Crippen molar-refractivity contribution in [2.45, 2.75) is 6.92 Å². The standard InChI is InChI=1S/C14H13N3/c1-9-10(6-4-8-16-9)13-11-5-2-3-7-12(11)17-14(13)15/h2-8,17H,15H2,1H3. The van der Waals surface area contributed by atoms with Crippen LogP contribution in [0, 0.1) is 6.92 Å². The molecular weight excluding hydrogens is 210 g/mol. The molecule has 17 heavy (non-hydrogen) atoms. The number of pyridine rings is 1. The number of anilines is 1. The van der Waals surface area contributed by atoms with Crippen LogP contribution in [0.1, 0.15) is 5.69 Å². The molecule has 0 amide bonds. The zero-order valence-corrected chi connectivity index (χ0v) is 9.57. The first-order chi connectivity index (χ1) is 8.27. The Kier molecular flexibility index (Phi) is 2.11. The number of nitrogens with zero attached hydrogens (tertiary/aromatic N) is 1. The fraction of sp³-hybridized carbons (Fsp3) is 0.0714. The Morgan fingerprint density at radius 2 is 1.94 bits per heavy atom. The lowest BCUT2D eigenvalue weighted by atomic mass is 10.0. The van der Waals surface area contributed by atoms with Crippen LogP contribution in [0.2, 0.25) is 0 Å². The number of nitrogen functional groups attached to an aromatic ring is 1. The number of benzene rings is 1. The second-order valence-electron chi connectivity index (χ2n) is 4.10. The van der Waals surface area contributed by atoms with Crippen LogP contribution >= 0.6 is 0 Å². The Balaban J connectivity index is 2.38. The third kappa shape index (κ3) is 1.47. The van der Waals surface area contributed by atoms with Crippen LogP contribution in [0.3, 0.4) is 0 Å². The summed E-state index contributed by atoms with van der Waals surface area (Å²) < 4.78 is 0. The third-order valence-corrected chi connectivity index (χ3v) is 3.01. The van der Waals surface area contributed by atoms with Gasteiger partial charge in [-0.05, 0) is 19.1 Å². The summed E-state index contributed by atoms with van der Waals surface area (Å²) >= 11 is 0. The average Bonchev–Trinajstić information content (AvgIpc) is 2.66. The van der Waals surface area contributed by atoms with Gasteiger partial charge in [-0.3, -0.25) is 4.98 Å². The predicted octanol–water partition coefficient (Wildman–Crippen LogP) is 3.12. The molecule has 0 aliphatic rings. The molecular formula is C14H13N3. The van der Waals surface area contributed by atoms with Crippen molar-refractivity contribution in [1.29, 1.82) is 0 Å². The normalized spacial score (nSPS) is 10.9. The molecule has 3 heteroatoms. The van der Waals surface area contributed by atoms with Gasteiger partial charge in [-0.1, -0.05) is 24.3 Å². The maximum atomic E-state index is 6.07. The van der Waals surface area contributed by atoms with Crippen molar-refractivity contribution in [2.75, 3.05) is 5.73 Å². The van der Waals surface area contributed by atoms with Crippen molar-refractivity contribution in [3.63, 3.8) is 0 Å². The van der Waals surface area contributed by atoms with Crippen molar-refractivity contribution in [1.82, 2.24) is 9.97 Å². The van der Waals surface area contributed by atoms with Gasteiger partial charge in [0.15, 0.2) is 0 Å². The van der Waals surface area contributed by atoms with Crippen LogP contribution in [0.5, 0.6) is 0 Å². The number of nitrogens with one attached hydrogen (secondary N) is 1. The Morgan fingerprint density at radius 3 is 2.76 bits per heavy atom. The summed E-state index contributed by atoms with van der Waals surface area (Å²) in [4.78, 5) is 7.52. The van der Waals surface area contributed by atoms with Crippen LogP contribution in [-0.2, 0) is 0 Å². The topological polar surface area (TPSA) is 54.7 Å². The summed E-state index contributed by atoms with van der Waals surface area (Å²) in [5, 5.41) is 1.14. The summed E-state index contributed by atoms with van der Waals surface area (Å²) in [5.41, 5.74) is 10.3. The second-order valence-corrected chi connectivity index (χ2v) is 4.10. The van der Waals surface area contributed by atoms with E-state index in [2.05, 4.69) is 16.0 Å². The van der Waals surface area contributed by atoms with Gasteiger partial charge in [-0.25, -0.2) is 0 Å². The van der Waals surface area contributed by atoms with E-state index in [1.165, 1.54) is 0 Å². The molecule has 1 aromatic carbocycles. The molecule has 0 saturated heterocycles. The quantitative estimate of drug-likeness (QED) is 0.666. The van der Waals surface area contributed by atoms with Gasteiger partial charge in [0.05, 0.1) is 0 Å². The summed E-state index contributed by atoms with van der Waals surface area (Å²) in [6, 6.07) is 12.1. The number of H-pyrrole nitrogens is 1. The van der Waals surface area contributed by atoms with Crippen molar-refractivity contribution >= 4 is 16.7 Å². The summed E-state index contributed by atoms with van der Waals surface area (Å²) in [6.07, 6.45) is 1.80. The van der Waals surface area contributed by atoms with Gasteiger partial charge in [0, 0.05) is 33.9 Å². The van der Waals surface area contributed by atoms with E-state index in [0.29, 0.717) is 5.82 Å². The summed E-state index contributed by atoms with van der Waals surface area (Å²) in [6.45, 7) is 2.00. The summed E-state index contributed by atoms with van der Waals surface area (Å²) in [7, 11) is 0. The highest BCUT2D eigenvalue weighted by molar-refractivity contribution is 6.02. The first kappa shape index (κ1) is 9.90. The molecule has 2 heterocycles. The van der Waals surface area contributed by atoms with E-state index >= 15 is 0 Å². The number of para-hydroxylation sites is 1. The van der Waals surface area contributed by atoms with Crippen molar-refractivity contribution in [3.8, 4) is 11.1 Å². The van der Waals surface area contributed by atoms with E-state index in [1.807, 2.05) is 37.3 Å². The van der Waals surface area contributed by atoms with Gasteiger partial charge in [0.1, 0.15) is 5.82 Å². The van der Waals surface area contributed by atoms with E-state index in [-0.39, 0.29) is 0 Å². The highest BCUT2D eigenvalue weighted by Crippen LogP contribution is 2.34. The number of aryl methyl sites for hydroxylation is 1. The Hall–Kier alpha value is -2.29. The fourth-order valence-electron chi connectivity index (χ4n) is 2.20. The van der Waals surface area contributed by atoms with Gasteiger partial charge >= 0.3 is 0 Å². The average molecular weight is 223 g/mol. The Labute approximate surface area is 99.3 Å². The fourth-order valence-corrected chi connectivity index (χ4v) is 2.20.